The molecule has 2 nitrogen and oxygen atoms in total. The average molecular weight is 422 g/mol. The minimum absolute atomic E-state index is 0.0848. The topological polar surface area (TPSA) is 20.3 Å². The smallest absolute Gasteiger partial charge is 0.223 e. The molecule has 0 unspecified atom stereocenters. The third-order valence-corrected chi connectivity index (χ3v) is 6.26. The number of carbonyl (C=O) groups excluding carboxylic acids is 1. The Morgan fingerprint density at radius 3 is 1.74 bits per heavy atom. The van der Waals surface area contributed by atoms with Crippen molar-refractivity contribution < 1.29 is 4.79 Å². The predicted molar refractivity (Wildman–Crippen MR) is 133 cm³/mol. The van der Waals surface area contributed by atoms with E-state index in [-0.39, 0.29) is 11.9 Å². The fourth-order valence-electron chi connectivity index (χ4n) is 4.22. The zero-order valence-electron chi connectivity index (χ0n) is 19.9. The van der Waals surface area contributed by atoms with Crippen molar-refractivity contribution in [2.24, 2.45) is 0 Å². The number of hydrogen-bond acceptors (Lipinski definition) is 1. The lowest BCUT2D eigenvalue weighted by Gasteiger charge is -2.30. The highest BCUT2D eigenvalue weighted by atomic mass is 16.2. The van der Waals surface area contributed by atoms with Gasteiger partial charge in [0.05, 0.1) is 6.04 Å². The Morgan fingerprint density at radius 1 is 0.710 bits per heavy atom. The molecule has 170 valence electrons. The quantitative estimate of drug-likeness (QED) is 0.249. The summed E-state index contributed by atoms with van der Waals surface area (Å²) in [6.07, 6.45) is 15.0. The molecule has 1 atom stereocenters. The van der Waals surface area contributed by atoms with Crippen molar-refractivity contribution in [2.45, 2.75) is 103 Å². The van der Waals surface area contributed by atoms with Crippen LogP contribution >= 0.6 is 0 Å². The van der Waals surface area contributed by atoms with Gasteiger partial charge in [-0.05, 0) is 24.5 Å². The Kier molecular flexibility index (Phi) is 12.7. The fourth-order valence-corrected chi connectivity index (χ4v) is 4.22. The summed E-state index contributed by atoms with van der Waals surface area (Å²) in [5.74, 6) is 0.274. The molecule has 2 aromatic carbocycles. The summed E-state index contributed by atoms with van der Waals surface area (Å²) in [5, 5.41) is 0. The molecule has 0 saturated carbocycles. The molecule has 2 aromatic rings. The molecule has 0 spiro atoms. The highest BCUT2D eigenvalue weighted by molar-refractivity contribution is 5.76. The van der Waals surface area contributed by atoms with Crippen LogP contribution in [-0.2, 0) is 11.3 Å². The van der Waals surface area contributed by atoms with E-state index >= 15 is 0 Å². The Morgan fingerprint density at radius 2 is 1.19 bits per heavy atom. The summed E-state index contributed by atoms with van der Waals surface area (Å²) in [6.45, 7) is 5.10. The van der Waals surface area contributed by atoms with Gasteiger partial charge in [-0.25, -0.2) is 0 Å². The molecule has 2 rings (SSSR count). The first-order valence-corrected chi connectivity index (χ1v) is 12.6. The maximum atomic E-state index is 13.1. The van der Waals surface area contributed by atoms with Crippen molar-refractivity contribution >= 4 is 5.91 Å². The number of benzene rings is 2. The van der Waals surface area contributed by atoms with Crippen LogP contribution in [0, 0.1) is 0 Å². The van der Waals surface area contributed by atoms with Crippen LogP contribution < -0.4 is 0 Å². The van der Waals surface area contributed by atoms with E-state index in [9.17, 15) is 4.79 Å². The second-order valence-electron chi connectivity index (χ2n) is 8.88. The van der Waals surface area contributed by atoms with Gasteiger partial charge < -0.3 is 4.90 Å². The van der Waals surface area contributed by atoms with E-state index in [0.29, 0.717) is 13.0 Å². The van der Waals surface area contributed by atoms with E-state index in [0.717, 1.165) is 6.42 Å². The van der Waals surface area contributed by atoms with Crippen LogP contribution in [0.4, 0.5) is 0 Å². The number of nitrogens with zero attached hydrogens (tertiary/aromatic N) is 1. The van der Waals surface area contributed by atoms with Crippen molar-refractivity contribution in [3.8, 4) is 0 Å². The first kappa shape index (κ1) is 25.2. The molecule has 0 aromatic heterocycles. The van der Waals surface area contributed by atoms with Gasteiger partial charge in [-0.2, -0.15) is 0 Å². The lowest BCUT2D eigenvalue weighted by atomic mass is 10.0. The summed E-state index contributed by atoms with van der Waals surface area (Å²) in [5.41, 5.74) is 2.39. The van der Waals surface area contributed by atoms with E-state index < -0.39 is 0 Å². The second-order valence-corrected chi connectivity index (χ2v) is 8.88. The van der Waals surface area contributed by atoms with Crippen LogP contribution in [0.1, 0.15) is 108 Å². The van der Waals surface area contributed by atoms with Gasteiger partial charge in [0.1, 0.15) is 0 Å². The van der Waals surface area contributed by atoms with Crippen LogP contribution in [0.3, 0.4) is 0 Å². The van der Waals surface area contributed by atoms with Crippen molar-refractivity contribution in [3.63, 3.8) is 0 Å². The Bertz CT molecular complexity index is 697. The van der Waals surface area contributed by atoms with Crippen LogP contribution in [0.2, 0.25) is 0 Å². The normalized spacial score (nSPS) is 11.9. The highest BCUT2D eigenvalue weighted by Gasteiger charge is 2.21. The maximum Gasteiger partial charge on any atom is 0.223 e. The molecule has 1 amide bonds. The van der Waals surface area contributed by atoms with Gasteiger partial charge in [-0.3, -0.25) is 4.79 Å². The summed E-state index contributed by atoms with van der Waals surface area (Å²) in [6, 6.07) is 20.8. The molecule has 0 saturated heterocycles. The molecule has 0 aliphatic heterocycles. The number of amides is 1. The molecule has 2 heteroatoms. The molecule has 0 bridgehead atoms. The number of rotatable bonds is 16. The third-order valence-electron chi connectivity index (χ3n) is 6.26. The minimum Gasteiger partial charge on any atom is -0.332 e. The van der Waals surface area contributed by atoms with Crippen molar-refractivity contribution in [3.05, 3.63) is 71.8 Å². The molecule has 0 radical (unpaired) electrons. The molecular weight excluding hydrogens is 378 g/mol. The Hall–Kier alpha value is -2.09. The van der Waals surface area contributed by atoms with Gasteiger partial charge in [-0.15, -0.1) is 0 Å². The standard InChI is InChI=1S/C29H43NO/c1-3-4-5-6-7-8-9-10-11-12-19-24-29(31)30(25-27-20-15-13-16-21-27)26(2)28-22-17-14-18-23-28/h13-18,20-23,26H,3-12,19,24-25H2,1-2H3/t26-/m1/s1. The monoisotopic (exact) mass is 421 g/mol. The van der Waals surface area contributed by atoms with Gasteiger partial charge in [0.25, 0.3) is 0 Å². The summed E-state index contributed by atoms with van der Waals surface area (Å²) < 4.78 is 0. The molecule has 0 aliphatic carbocycles. The molecular formula is C29H43NO. The number of hydrogen-bond donors (Lipinski definition) is 0. The van der Waals surface area contributed by atoms with Crippen LogP contribution in [0.25, 0.3) is 0 Å². The second kappa shape index (κ2) is 15.7. The number of carbonyl (C=O) groups is 1. The van der Waals surface area contributed by atoms with Gasteiger partial charge in [0.2, 0.25) is 5.91 Å². The van der Waals surface area contributed by atoms with Gasteiger partial charge in [0.15, 0.2) is 0 Å². The molecule has 0 aliphatic rings. The van der Waals surface area contributed by atoms with Gasteiger partial charge in [0, 0.05) is 13.0 Å². The van der Waals surface area contributed by atoms with E-state index in [1.807, 2.05) is 12.1 Å². The van der Waals surface area contributed by atoms with Crippen molar-refractivity contribution in [2.75, 3.05) is 0 Å². The predicted octanol–water partition coefficient (Wildman–Crippen LogP) is 8.48. The summed E-state index contributed by atoms with van der Waals surface area (Å²) >= 11 is 0. The van der Waals surface area contributed by atoms with Crippen LogP contribution in [0.5, 0.6) is 0 Å². The van der Waals surface area contributed by atoms with E-state index in [2.05, 4.69) is 67.3 Å². The van der Waals surface area contributed by atoms with E-state index in [4.69, 9.17) is 0 Å². The van der Waals surface area contributed by atoms with E-state index in [1.54, 1.807) is 0 Å². The lowest BCUT2D eigenvalue weighted by molar-refractivity contribution is -0.134. The van der Waals surface area contributed by atoms with Gasteiger partial charge in [-0.1, -0.05) is 132 Å². The Labute approximate surface area is 191 Å². The third kappa shape index (κ3) is 10.2. The zero-order chi connectivity index (χ0) is 22.2. The number of unbranched alkanes of at least 4 members (excludes halogenated alkanes) is 10. The molecule has 31 heavy (non-hydrogen) atoms. The van der Waals surface area contributed by atoms with Gasteiger partial charge >= 0.3 is 0 Å². The first-order chi connectivity index (χ1) is 15.2. The average Bonchev–Trinajstić information content (AvgIpc) is 2.81. The van der Waals surface area contributed by atoms with Crippen LogP contribution in [-0.4, -0.2) is 10.8 Å². The summed E-state index contributed by atoms with van der Waals surface area (Å²) in [4.78, 5) is 15.2. The minimum atomic E-state index is 0.0848. The summed E-state index contributed by atoms with van der Waals surface area (Å²) in [7, 11) is 0. The fraction of sp³-hybridized carbons (Fsp3) is 0.552. The molecule has 0 heterocycles. The largest absolute Gasteiger partial charge is 0.332 e. The first-order valence-electron chi connectivity index (χ1n) is 12.6. The lowest BCUT2D eigenvalue weighted by Crippen LogP contribution is -2.33. The molecule has 0 fully saturated rings. The van der Waals surface area contributed by atoms with E-state index in [1.165, 1.54) is 75.3 Å². The highest BCUT2D eigenvalue weighted by Crippen LogP contribution is 2.24. The van der Waals surface area contributed by atoms with Crippen LogP contribution in [0.15, 0.2) is 60.7 Å². The Balaban J connectivity index is 1.74. The SMILES string of the molecule is CCCCCCCCCCCCCC(=O)N(Cc1ccccc1)[C@H](C)c1ccccc1. The van der Waals surface area contributed by atoms with Crippen molar-refractivity contribution in [1.29, 1.82) is 0 Å². The molecule has 0 N–H and O–H groups in total. The zero-order valence-corrected chi connectivity index (χ0v) is 19.9. The van der Waals surface area contributed by atoms with Crippen molar-refractivity contribution in [1.82, 2.24) is 4.90 Å². The maximum absolute atomic E-state index is 13.1.